The maximum absolute atomic E-state index is 11.6. The number of aromatic nitrogens is 2. The number of aliphatic hydroxyl groups excluding tert-OH is 1. The van der Waals surface area contributed by atoms with Crippen molar-refractivity contribution in [2.24, 2.45) is 13.0 Å². The van der Waals surface area contributed by atoms with Gasteiger partial charge in [-0.25, -0.2) is 0 Å². The van der Waals surface area contributed by atoms with E-state index in [-0.39, 0.29) is 11.8 Å². The minimum atomic E-state index is -0.481. The first-order valence-electron chi connectivity index (χ1n) is 6.69. The number of carbonyl (C=O) groups excluding carboxylic acids is 1. The fourth-order valence-corrected chi connectivity index (χ4v) is 1.96. The molecule has 19 heavy (non-hydrogen) atoms. The molecular formula is C14H23N3O2. The van der Waals surface area contributed by atoms with Gasteiger partial charge in [0.05, 0.1) is 12.3 Å². The summed E-state index contributed by atoms with van der Waals surface area (Å²) < 4.78 is 1.68. The Hall–Kier alpha value is -1.62. The number of nitrogens with zero attached hydrogens (tertiary/aromatic N) is 2. The average Bonchev–Trinajstić information content (AvgIpc) is 2.81. The van der Waals surface area contributed by atoms with Crippen molar-refractivity contribution in [2.45, 2.75) is 32.8 Å². The molecule has 1 amide bonds. The minimum Gasteiger partial charge on any atom is -0.391 e. The fraction of sp³-hybridized carbons (Fsp3) is 0.571. The molecule has 0 aromatic carbocycles. The smallest absolute Gasteiger partial charge is 0.244 e. The normalized spacial score (nSPS) is 13.1. The Kier molecular flexibility index (Phi) is 6.29. The van der Waals surface area contributed by atoms with E-state index in [9.17, 15) is 9.90 Å². The summed E-state index contributed by atoms with van der Waals surface area (Å²) >= 11 is 0. The van der Waals surface area contributed by atoms with Gasteiger partial charge in [0.2, 0.25) is 5.91 Å². The summed E-state index contributed by atoms with van der Waals surface area (Å²) in [7, 11) is 1.82. The van der Waals surface area contributed by atoms with Crippen LogP contribution in [0, 0.1) is 5.92 Å². The van der Waals surface area contributed by atoms with Gasteiger partial charge in [-0.1, -0.05) is 26.7 Å². The molecule has 0 bridgehead atoms. The number of carbonyl (C=O) groups is 1. The van der Waals surface area contributed by atoms with Crippen LogP contribution in [0.5, 0.6) is 0 Å². The zero-order valence-corrected chi connectivity index (χ0v) is 11.8. The molecule has 2 N–H and O–H groups in total. The van der Waals surface area contributed by atoms with Gasteiger partial charge in [0.15, 0.2) is 0 Å². The predicted molar refractivity (Wildman–Crippen MR) is 75.3 cm³/mol. The lowest BCUT2D eigenvalue weighted by molar-refractivity contribution is -0.117. The maximum atomic E-state index is 11.6. The van der Waals surface area contributed by atoms with Crippen molar-refractivity contribution in [3.63, 3.8) is 0 Å². The van der Waals surface area contributed by atoms with Crippen molar-refractivity contribution in [2.75, 3.05) is 6.54 Å². The Morgan fingerprint density at radius 1 is 1.53 bits per heavy atom. The molecule has 5 heteroatoms. The second-order valence-corrected chi connectivity index (χ2v) is 4.67. The van der Waals surface area contributed by atoms with Crippen LogP contribution in [0.25, 0.3) is 6.08 Å². The van der Waals surface area contributed by atoms with Crippen LogP contribution in [-0.4, -0.2) is 33.4 Å². The molecule has 1 aromatic rings. The van der Waals surface area contributed by atoms with E-state index in [0.29, 0.717) is 6.54 Å². The highest BCUT2D eigenvalue weighted by Crippen LogP contribution is 2.12. The van der Waals surface area contributed by atoms with Crippen LogP contribution in [0.3, 0.4) is 0 Å². The van der Waals surface area contributed by atoms with Gasteiger partial charge in [0, 0.05) is 31.4 Å². The summed E-state index contributed by atoms with van der Waals surface area (Å²) in [5.74, 6) is 0.0384. The van der Waals surface area contributed by atoms with Crippen molar-refractivity contribution in [1.82, 2.24) is 15.1 Å². The molecule has 0 radical (unpaired) electrons. The molecule has 0 aliphatic rings. The van der Waals surface area contributed by atoms with Crippen LogP contribution in [0.4, 0.5) is 0 Å². The van der Waals surface area contributed by atoms with Crippen molar-refractivity contribution in [1.29, 1.82) is 0 Å². The zero-order chi connectivity index (χ0) is 14.3. The number of rotatable bonds is 7. The van der Waals surface area contributed by atoms with Crippen LogP contribution in [0.2, 0.25) is 0 Å². The third-order valence-corrected chi connectivity index (χ3v) is 3.23. The van der Waals surface area contributed by atoms with Crippen LogP contribution in [-0.2, 0) is 11.8 Å². The highest BCUT2D eigenvalue weighted by atomic mass is 16.3. The van der Waals surface area contributed by atoms with Gasteiger partial charge < -0.3 is 10.4 Å². The Morgan fingerprint density at radius 3 is 2.74 bits per heavy atom. The van der Waals surface area contributed by atoms with Crippen molar-refractivity contribution < 1.29 is 9.90 Å². The highest BCUT2D eigenvalue weighted by Gasteiger charge is 2.15. The van der Waals surface area contributed by atoms with E-state index in [0.717, 1.165) is 18.4 Å². The monoisotopic (exact) mass is 265 g/mol. The molecular weight excluding hydrogens is 242 g/mol. The molecule has 0 aliphatic carbocycles. The molecule has 1 atom stereocenters. The Morgan fingerprint density at radius 2 is 2.21 bits per heavy atom. The summed E-state index contributed by atoms with van der Waals surface area (Å²) in [6.45, 7) is 4.38. The Balaban J connectivity index is 2.37. The molecule has 1 heterocycles. The van der Waals surface area contributed by atoms with Gasteiger partial charge >= 0.3 is 0 Å². The molecule has 106 valence electrons. The van der Waals surface area contributed by atoms with Gasteiger partial charge in [-0.3, -0.25) is 9.48 Å². The number of aryl methyl sites for hydroxylation is 1. The third kappa shape index (κ3) is 5.26. The summed E-state index contributed by atoms with van der Waals surface area (Å²) in [4.78, 5) is 11.6. The van der Waals surface area contributed by atoms with E-state index in [1.807, 2.05) is 27.1 Å². The molecule has 0 saturated heterocycles. The molecule has 1 unspecified atom stereocenters. The SMILES string of the molecule is CCC(CC)C(O)CNC(=O)/C=C/c1cnn(C)c1. The van der Waals surface area contributed by atoms with Crippen molar-refractivity contribution in [3.05, 3.63) is 24.0 Å². The molecule has 0 saturated carbocycles. The van der Waals surface area contributed by atoms with Crippen LogP contribution in [0.15, 0.2) is 18.5 Å². The first kappa shape index (κ1) is 15.4. The molecule has 1 rings (SSSR count). The topological polar surface area (TPSA) is 67.2 Å². The zero-order valence-electron chi connectivity index (χ0n) is 11.8. The highest BCUT2D eigenvalue weighted by molar-refractivity contribution is 5.91. The van der Waals surface area contributed by atoms with Crippen LogP contribution in [0.1, 0.15) is 32.3 Å². The average molecular weight is 265 g/mol. The van der Waals surface area contributed by atoms with E-state index in [4.69, 9.17) is 0 Å². The van der Waals surface area contributed by atoms with Crippen LogP contribution >= 0.6 is 0 Å². The largest absolute Gasteiger partial charge is 0.391 e. The lowest BCUT2D eigenvalue weighted by Crippen LogP contribution is -2.35. The predicted octanol–water partition coefficient (Wildman–Crippen LogP) is 1.35. The van der Waals surface area contributed by atoms with Crippen molar-refractivity contribution >= 4 is 12.0 Å². The molecule has 0 fully saturated rings. The van der Waals surface area contributed by atoms with Crippen LogP contribution < -0.4 is 5.32 Å². The Labute approximate surface area is 114 Å². The van der Waals surface area contributed by atoms with Gasteiger partial charge in [-0.15, -0.1) is 0 Å². The van der Waals surface area contributed by atoms with Gasteiger partial charge in [-0.05, 0) is 12.0 Å². The van der Waals surface area contributed by atoms with Gasteiger partial charge in [-0.2, -0.15) is 5.10 Å². The first-order chi connectivity index (χ1) is 9.06. The quantitative estimate of drug-likeness (QED) is 0.731. The Bertz CT molecular complexity index is 422. The van der Waals surface area contributed by atoms with Crippen molar-refractivity contribution in [3.8, 4) is 0 Å². The molecule has 1 aromatic heterocycles. The van der Waals surface area contributed by atoms with E-state index in [2.05, 4.69) is 10.4 Å². The maximum Gasteiger partial charge on any atom is 0.244 e. The number of aliphatic hydroxyl groups is 1. The second kappa shape index (κ2) is 7.74. The van der Waals surface area contributed by atoms with E-state index in [1.54, 1.807) is 17.0 Å². The number of hydrogen-bond acceptors (Lipinski definition) is 3. The summed E-state index contributed by atoms with van der Waals surface area (Å²) in [6.07, 6.45) is 8.01. The van der Waals surface area contributed by atoms with E-state index >= 15 is 0 Å². The lowest BCUT2D eigenvalue weighted by Gasteiger charge is -2.19. The summed E-state index contributed by atoms with van der Waals surface area (Å²) in [5.41, 5.74) is 0.873. The molecule has 0 aliphatic heterocycles. The van der Waals surface area contributed by atoms with E-state index < -0.39 is 6.10 Å². The summed E-state index contributed by atoms with van der Waals surface area (Å²) in [6, 6.07) is 0. The molecule has 5 nitrogen and oxygen atoms in total. The lowest BCUT2D eigenvalue weighted by atomic mass is 9.96. The summed E-state index contributed by atoms with van der Waals surface area (Å²) in [5, 5.41) is 16.6. The standard InChI is InChI=1S/C14H23N3O2/c1-4-12(5-2)13(18)9-15-14(19)7-6-11-8-16-17(3)10-11/h6-8,10,12-13,18H,4-5,9H2,1-3H3,(H,15,19)/b7-6+. The number of nitrogens with one attached hydrogen (secondary N) is 1. The fourth-order valence-electron chi connectivity index (χ4n) is 1.96. The number of amides is 1. The second-order valence-electron chi connectivity index (χ2n) is 4.67. The third-order valence-electron chi connectivity index (χ3n) is 3.23. The van der Waals surface area contributed by atoms with Gasteiger partial charge in [0.1, 0.15) is 0 Å². The number of hydrogen-bond donors (Lipinski definition) is 2. The van der Waals surface area contributed by atoms with E-state index in [1.165, 1.54) is 6.08 Å². The first-order valence-corrected chi connectivity index (χ1v) is 6.69. The van der Waals surface area contributed by atoms with Gasteiger partial charge in [0.25, 0.3) is 0 Å². The molecule has 0 spiro atoms. The minimum absolute atomic E-state index is 0.200.